The Morgan fingerprint density at radius 3 is 1.15 bits per heavy atom. The first-order valence-electron chi connectivity index (χ1n) is 15.2. The predicted molar refractivity (Wildman–Crippen MR) is 167 cm³/mol. The molecule has 2 aromatic carbocycles. The summed E-state index contributed by atoms with van der Waals surface area (Å²) in [4.78, 5) is 23.4. The van der Waals surface area contributed by atoms with Crippen molar-refractivity contribution >= 4 is 24.1 Å². The van der Waals surface area contributed by atoms with E-state index in [2.05, 4.69) is 0 Å². The van der Waals surface area contributed by atoms with Crippen LogP contribution >= 0.6 is 0 Å². The van der Waals surface area contributed by atoms with Crippen LogP contribution in [0, 0.1) is 0 Å². The number of ether oxygens (including phenoxy) is 2. The Labute approximate surface area is 247 Å². The smallest absolute Gasteiger partial charge is 0.310 e. The minimum atomic E-state index is -0.200. The molecule has 6 nitrogen and oxygen atoms in total. The molecule has 0 unspecified atom stereocenters. The molecular formula is C35H50O6. The number of carbonyl (C=O) groups is 2. The molecule has 0 fully saturated rings. The van der Waals surface area contributed by atoms with Crippen LogP contribution in [0.2, 0.25) is 0 Å². The fourth-order valence-electron chi connectivity index (χ4n) is 3.98. The van der Waals surface area contributed by atoms with Crippen LogP contribution in [0.4, 0.5) is 0 Å². The second-order valence-electron chi connectivity index (χ2n) is 9.95. The number of aliphatic hydroxyl groups is 2. The molecule has 2 aromatic rings. The van der Waals surface area contributed by atoms with E-state index >= 15 is 0 Å². The van der Waals surface area contributed by atoms with Crippen LogP contribution in [0.15, 0.2) is 73.2 Å². The molecule has 0 radical (unpaired) electrons. The van der Waals surface area contributed by atoms with Crippen LogP contribution in [-0.2, 0) is 19.1 Å². The minimum absolute atomic E-state index is 0.200. The van der Waals surface area contributed by atoms with E-state index in [0.29, 0.717) is 26.1 Å². The van der Waals surface area contributed by atoms with Gasteiger partial charge in [0.25, 0.3) is 0 Å². The summed E-state index contributed by atoms with van der Waals surface area (Å²) in [6, 6.07) is 19.4. The van der Waals surface area contributed by atoms with Gasteiger partial charge >= 0.3 is 11.9 Å². The number of unbranched alkanes of at least 4 members (excludes halogenated alkanes) is 11. The van der Waals surface area contributed by atoms with Crippen LogP contribution in [0.1, 0.15) is 107 Å². The number of esters is 2. The lowest BCUT2D eigenvalue weighted by Crippen LogP contribution is -1.99. The molecule has 0 atom stereocenters. The van der Waals surface area contributed by atoms with E-state index < -0.39 is 0 Å². The average Bonchev–Trinajstić information content (AvgIpc) is 2.99. The van der Waals surface area contributed by atoms with Gasteiger partial charge in [-0.25, -0.2) is 0 Å². The van der Waals surface area contributed by atoms with Crippen LogP contribution < -0.4 is 0 Å². The van der Waals surface area contributed by atoms with Crippen molar-refractivity contribution in [1.82, 2.24) is 0 Å². The molecule has 0 aliphatic heterocycles. The zero-order chi connectivity index (χ0) is 29.6. The Morgan fingerprint density at radius 2 is 0.805 bits per heavy atom. The SMILES string of the molecule is O=C(CCCCCCCCC(=O)OC=Cc1ccccc1)OC=Cc1ccccc1.OCCCCCCCCCO. The highest BCUT2D eigenvalue weighted by atomic mass is 16.5. The monoisotopic (exact) mass is 566 g/mol. The Hall–Kier alpha value is -3.22. The van der Waals surface area contributed by atoms with Crippen molar-refractivity contribution < 1.29 is 29.3 Å². The van der Waals surface area contributed by atoms with Gasteiger partial charge in [0, 0.05) is 26.1 Å². The van der Waals surface area contributed by atoms with Crippen LogP contribution in [0.5, 0.6) is 0 Å². The second-order valence-corrected chi connectivity index (χ2v) is 9.95. The molecule has 0 aliphatic rings. The highest BCUT2D eigenvalue weighted by Crippen LogP contribution is 2.11. The number of carbonyl (C=O) groups excluding carboxylic acids is 2. The lowest BCUT2D eigenvalue weighted by molar-refractivity contribution is -0.139. The second kappa shape index (κ2) is 27.0. The maximum atomic E-state index is 11.7. The van der Waals surface area contributed by atoms with Gasteiger partial charge in [-0.15, -0.1) is 0 Å². The third-order valence-electron chi connectivity index (χ3n) is 6.35. The fraction of sp³-hybridized carbons (Fsp3) is 0.486. The van der Waals surface area contributed by atoms with E-state index in [-0.39, 0.29) is 11.9 Å². The lowest BCUT2D eigenvalue weighted by atomic mass is 10.1. The molecular weight excluding hydrogens is 516 g/mol. The van der Waals surface area contributed by atoms with E-state index in [1.807, 2.05) is 60.7 Å². The summed E-state index contributed by atoms with van der Waals surface area (Å²) in [5.74, 6) is -0.401. The van der Waals surface area contributed by atoms with Gasteiger partial charge < -0.3 is 19.7 Å². The van der Waals surface area contributed by atoms with E-state index in [1.54, 1.807) is 12.2 Å². The van der Waals surface area contributed by atoms with Gasteiger partial charge in [0.15, 0.2) is 0 Å². The third kappa shape index (κ3) is 23.2. The number of hydrogen-bond acceptors (Lipinski definition) is 6. The van der Waals surface area contributed by atoms with Gasteiger partial charge in [-0.1, -0.05) is 118 Å². The summed E-state index contributed by atoms with van der Waals surface area (Å²) >= 11 is 0. The van der Waals surface area contributed by atoms with Crippen molar-refractivity contribution in [2.24, 2.45) is 0 Å². The average molecular weight is 567 g/mol. The summed E-state index contributed by atoms with van der Waals surface area (Å²) in [6.45, 7) is 0.660. The van der Waals surface area contributed by atoms with Crippen molar-refractivity contribution in [2.75, 3.05) is 13.2 Å². The molecule has 226 valence electrons. The standard InChI is InChI=1S/C26H30O4.C9H20O2/c27-25(29-21-19-23-13-7-5-8-14-23)17-11-3-1-2-4-12-18-26(28)30-22-20-24-15-9-6-10-16-24;10-8-6-4-2-1-3-5-7-9-11/h5-10,13-16,19-22H,1-4,11-12,17-18H2;10-11H,1-9H2. The van der Waals surface area contributed by atoms with Gasteiger partial charge in [-0.2, -0.15) is 0 Å². The molecule has 0 amide bonds. The van der Waals surface area contributed by atoms with E-state index in [1.165, 1.54) is 31.8 Å². The summed E-state index contributed by atoms with van der Waals surface area (Å²) in [6.07, 6.45) is 20.9. The number of hydrogen-bond donors (Lipinski definition) is 2. The molecule has 0 heterocycles. The van der Waals surface area contributed by atoms with Gasteiger partial charge in [-0.3, -0.25) is 9.59 Å². The first kappa shape index (κ1) is 35.8. The van der Waals surface area contributed by atoms with Crippen LogP contribution in [-0.4, -0.2) is 35.4 Å². The zero-order valence-electron chi connectivity index (χ0n) is 24.6. The predicted octanol–water partition coefficient (Wildman–Crippen LogP) is 8.24. The molecule has 6 heteroatoms. The minimum Gasteiger partial charge on any atom is -0.434 e. The van der Waals surface area contributed by atoms with Crippen molar-refractivity contribution in [1.29, 1.82) is 0 Å². The molecule has 0 saturated heterocycles. The van der Waals surface area contributed by atoms with Crippen LogP contribution in [0.25, 0.3) is 12.2 Å². The summed E-state index contributed by atoms with van der Waals surface area (Å²) < 4.78 is 10.2. The van der Waals surface area contributed by atoms with E-state index in [4.69, 9.17) is 19.7 Å². The van der Waals surface area contributed by atoms with Crippen molar-refractivity contribution in [3.63, 3.8) is 0 Å². The van der Waals surface area contributed by atoms with Gasteiger partial charge in [0.05, 0.1) is 12.5 Å². The van der Waals surface area contributed by atoms with Crippen molar-refractivity contribution in [3.05, 3.63) is 84.3 Å². The van der Waals surface area contributed by atoms with Crippen LogP contribution in [0.3, 0.4) is 0 Å². The molecule has 2 rings (SSSR count). The Balaban J connectivity index is 0.000000646. The maximum absolute atomic E-state index is 11.7. The number of aliphatic hydroxyl groups excluding tert-OH is 2. The lowest BCUT2D eigenvalue weighted by Gasteiger charge is -2.02. The fourth-order valence-corrected chi connectivity index (χ4v) is 3.98. The Bertz CT molecular complexity index is 862. The first-order chi connectivity index (χ1) is 20.2. The maximum Gasteiger partial charge on any atom is 0.310 e. The summed E-state index contributed by atoms with van der Waals surface area (Å²) in [5, 5.41) is 16.9. The molecule has 0 saturated carbocycles. The van der Waals surface area contributed by atoms with Crippen molar-refractivity contribution in [2.45, 2.75) is 96.3 Å². The zero-order valence-corrected chi connectivity index (χ0v) is 24.6. The number of benzene rings is 2. The third-order valence-corrected chi connectivity index (χ3v) is 6.35. The molecule has 0 aromatic heterocycles. The first-order valence-corrected chi connectivity index (χ1v) is 15.2. The highest BCUT2D eigenvalue weighted by Gasteiger charge is 2.02. The number of rotatable bonds is 21. The largest absolute Gasteiger partial charge is 0.434 e. The molecule has 41 heavy (non-hydrogen) atoms. The van der Waals surface area contributed by atoms with Crippen molar-refractivity contribution in [3.8, 4) is 0 Å². The van der Waals surface area contributed by atoms with E-state index in [0.717, 1.165) is 75.3 Å². The molecule has 0 spiro atoms. The Morgan fingerprint density at radius 1 is 0.488 bits per heavy atom. The normalized spacial score (nSPS) is 10.9. The summed E-state index contributed by atoms with van der Waals surface area (Å²) in [5.41, 5.74) is 2.00. The Kier molecular flexibility index (Phi) is 23.6. The molecule has 0 bridgehead atoms. The van der Waals surface area contributed by atoms with Gasteiger partial charge in [0.2, 0.25) is 0 Å². The van der Waals surface area contributed by atoms with Gasteiger partial charge in [-0.05, 0) is 49.0 Å². The quantitative estimate of drug-likeness (QED) is 0.0898. The highest BCUT2D eigenvalue weighted by molar-refractivity contribution is 5.71. The molecule has 0 aliphatic carbocycles. The summed E-state index contributed by atoms with van der Waals surface area (Å²) in [7, 11) is 0. The van der Waals surface area contributed by atoms with Gasteiger partial charge in [0.1, 0.15) is 0 Å². The molecule has 2 N–H and O–H groups in total. The van der Waals surface area contributed by atoms with E-state index in [9.17, 15) is 9.59 Å². The topological polar surface area (TPSA) is 93.1 Å².